The van der Waals surface area contributed by atoms with Gasteiger partial charge in [-0.3, -0.25) is 9.48 Å². The standard InChI is InChI=1S/C34H43Cl2N5O4S/c1-23(42)39-16-11-25(12-17-39)24-9-14-38(15-10-24)20-29(43)21-41-33-13-18-40(46(2,44)45)22-31(33)34(37-41)27-5-8-32(36)30(19-27)26-3-6-28(35)7-4-26/h3-8,19,24-25,29,43H,9-18,20-22H2,1-2H3/t29-/m0/s1. The van der Waals surface area contributed by atoms with Gasteiger partial charge in [0.05, 0.1) is 24.6 Å². The van der Waals surface area contributed by atoms with Gasteiger partial charge >= 0.3 is 0 Å². The molecule has 3 aliphatic rings. The maximum Gasteiger partial charge on any atom is 0.219 e. The molecule has 6 rings (SSSR count). The van der Waals surface area contributed by atoms with Gasteiger partial charge in [0.1, 0.15) is 0 Å². The van der Waals surface area contributed by atoms with E-state index in [1.807, 2.05) is 52.0 Å². The van der Waals surface area contributed by atoms with Crippen molar-refractivity contribution in [3.8, 4) is 22.4 Å². The molecule has 3 aromatic rings. The van der Waals surface area contributed by atoms with Crippen molar-refractivity contribution in [3.63, 3.8) is 0 Å². The Bertz CT molecular complexity index is 1660. The molecule has 0 saturated carbocycles. The van der Waals surface area contributed by atoms with Gasteiger partial charge in [-0.25, -0.2) is 8.42 Å². The fraction of sp³-hybridized carbons (Fsp3) is 0.529. The van der Waals surface area contributed by atoms with Crippen LogP contribution in [0.15, 0.2) is 42.5 Å². The molecule has 9 nitrogen and oxygen atoms in total. The van der Waals surface area contributed by atoms with Crippen LogP contribution in [-0.2, 0) is 34.3 Å². The Morgan fingerprint density at radius 2 is 1.57 bits per heavy atom. The molecule has 2 fully saturated rings. The normalized spacial score (nSPS) is 19.7. The molecule has 2 saturated heterocycles. The first-order chi connectivity index (χ1) is 22.0. The summed E-state index contributed by atoms with van der Waals surface area (Å²) in [7, 11) is -3.39. The molecule has 0 unspecified atom stereocenters. The number of carbonyl (C=O) groups is 1. The number of amides is 1. The van der Waals surface area contributed by atoms with Crippen LogP contribution in [-0.4, -0.2) is 94.9 Å². The maximum absolute atomic E-state index is 12.5. The van der Waals surface area contributed by atoms with Gasteiger partial charge in [-0.1, -0.05) is 41.4 Å². The van der Waals surface area contributed by atoms with E-state index in [1.54, 1.807) is 6.92 Å². The molecule has 0 spiro atoms. The van der Waals surface area contributed by atoms with Gasteiger partial charge in [0.15, 0.2) is 0 Å². The van der Waals surface area contributed by atoms with Gasteiger partial charge in [-0.15, -0.1) is 0 Å². The molecule has 46 heavy (non-hydrogen) atoms. The quantitative estimate of drug-likeness (QED) is 0.351. The molecule has 248 valence electrons. The van der Waals surface area contributed by atoms with Gasteiger partial charge < -0.3 is 14.9 Å². The molecule has 12 heteroatoms. The lowest BCUT2D eigenvalue weighted by molar-refractivity contribution is -0.130. The number of benzene rings is 2. The third kappa shape index (κ3) is 7.48. The zero-order valence-corrected chi connectivity index (χ0v) is 28.9. The minimum Gasteiger partial charge on any atom is -0.390 e. The van der Waals surface area contributed by atoms with Gasteiger partial charge in [0, 0.05) is 78.5 Å². The highest BCUT2D eigenvalue weighted by Gasteiger charge is 2.33. The van der Waals surface area contributed by atoms with Crippen molar-refractivity contribution >= 4 is 39.1 Å². The predicted octanol–water partition coefficient (Wildman–Crippen LogP) is 5.17. The second kappa shape index (κ2) is 13.9. The largest absolute Gasteiger partial charge is 0.390 e. The molecule has 1 N–H and O–H groups in total. The second-order valence-corrected chi connectivity index (χ2v) is 16.0. The van der Waals surface area contributed by atoms with Crippen LogP contribution in [0.3, 0.4) is 0 Å². The van der Waals surface area contributed by atoms with E-state index < -0.39 is 16.1 Å². The third-order valence-electron chi connectivity index (χ3n) is 10.1. The average Bonchev–Trinajstić information content (AvgIpc) is 3.39. The summed E-state index contributed by atoms with van der Waals surface area (Å²) < 4.78 is 28.5. The minimum atomic E-state index is -3.39. The van der Waals surface area contributed by atoms with Crippen LogP contribution in [0.2, 0.25) is 10.0 Å². The van der Waals surface area contributed by atoms with E-state index in [0.29, 0.717) is 53.6 Å². The van der Waals surface area contributed by atoms with E-state index in [2.05, 4.69) is 4.90 Å². The number of aromatic nitrogens is 2. The van der Waals surface area contributed by atoms with Crippen molar-refractivity contribution < 1.29 is 18.3 Å². The first-order valence-electron chi connectivity index (χ1n) is 16.2. The molecule has 0 aliphatic carbocycles. The zero-order chi connectivity index (χ0) is 32.6. The maximum atomic E-state index is 12.5. The summed E-state index contributed by atoms with van der Waals surface area (Å²) in [4.78, 5) is 16.0. The van der Waals surface area contributed by atoms with E-state index in [9.17, 15) is 18.3 Å². The van der Waals surface area contributed by atoms with Crippen LogP contribution in [0.1, 0.15) is 43.9 Å². The molecule has 1 atom stereocenters. The molecule has 4 heterocycles. The Labute approximate surface area is 282 Å². The van der Waals surface area contributed by atoms with Crippen LogP contribution in [0.5, 0.6) is 0 Å². The van der Waals surface area contributed by atoms with Crippen molar-refractivity contribution in [2.24, 2.45) is 11.8 Å². The fourth-order valence-corrected chi connectivity index (χ4v) is 8.64. The number of nitrogens with zero attached hydrogens (tertiary/aromatic N) is 5. The van der Waals surface area contributed by atoms with Crippen LogP contribution < -0.4 is 0 Å². The highest BCUT2D eigenvalue weighted by Crippen LogP contribution is 2.37. The number of aliphatic hydroxyl groups is 1. The number of aliphatic hydroxyl groups excluding tert-OH is 1. The third-order valence-corrected chi connectivity index (χ3v) is 11.9. The molecular formula is C34H43Cl2N5O4S. The smallest absolute Gasteiger partial charge is 0.219 e. The number of likely N-dealkylation sites (tertiary alicyclic amines) is 2. The van der Waals surface area contributed by atoms with Crippen molar-refractivity contribution in [1.29, 1.82) is 0 Å². The van der Waals surface area contributed by atoms with Crippen molar-refractivity contribution in [3.05, 3.63) is 63.8 Å². The first-order valence-corrected chi connectivity index (χ1v) is 18.8. The Hall–Kier alpha value is -2.47. The molecular weight excluding hydrogens is 645 g/mol. The number of hydrogen-bond acceptors (Lipinski definition) is 6. The molecule has 1 amide bonds. The Balaban J connectivity index is 1.17. The SMILES string of the molecule is CC(=O)N1CCC(C2CCN(C[C@H](O)Cn3nc(-c4ccc(Cl)c(-c5ccc(Cl)cc5)c4)c4c3CCN(S(C)(=O)=O)C4)CC2)CC1. The molecule has 1 aromatic heterocycles. The monoisotopic (exact) mass is 687 g/mol. The summed E-state index contributed by atoms with van der Waals surface area (Å²) in [6.07, 6.45) is 5.56. The van der Waals surface area contributed by atoms with Gasteiger partial charge in [0.2, 0.25) is 15.9 Å². The lowest BCUT2D eigenvalue weighted by Crippen LogP contribution is -2.44. The molecule has 0 bridgehead atoms. The van der Waals surface area contributed by atoms with Crippen molar-refractivity contribution in [2.75, 3.05) is 45.5 Å². The number of fused-ring (bicyclic) bond motifs is 1. The predicted molar refractivity (Wildman–Crippen MR) is 182 cm³/mol. The van der Waals surface area contributed by atoms with E-state index in [-0.39, 0.29) is 12.5 Å². The van der Waals surface area contributed by atoms with Crippen LogP contribution >= 0.6 is 23.2 Å². The Morgan fingerprint density at radius 1 is 0.935 bits per heavy atom. The molecule has 0 radical (unpaired) electrons. The van der Waals surface area contributed by atoms with Crippen LogP contribution in [0.25, 0.3) is 22.4 Å². The lowest BCUT2D eigenvalue weighted by atomic mass is 9.79. The van der Waals surface area contributed by atoms with E-state index in [4.69, 9.17) is 28.3 Å². The number of β-amino-alcohol motifs (C(OH)–C–C–N with tert-alkyl or cyclic N) is 1. The van der Waals surface area contributed by atoms with Gasteiger partial charge in [0.25, 0.3) is 0 Å². The number of carbonyl (C=O) groups excluding carboxylic acids is 1. The summed E-state index contributed by atoms with van der Waals surface area (Å²) in [5.41, 5.74) is 5.13. The van der Waals surface area contributed by atoms with Gasteiger partial charge in [-0.05, 0) is 80.4 Å². The van der Waals surface area contributed by atoms with Crippen molar-refractivity contribution in [2.45, 2.75) is 58.2 Å². The van der Waals surface area contributed by atoms with E-state index in [1.165, 1.54) is 10.6 Å². The number of piperidine rings is 2. The van der Waals surface area contributed by atoms with Crippen molar-refractivity contribution in [1.82, 2.24) is 23.9 Å². The minimum absolute atomic E-state index is 0.177. The fourth-order valence-electron chi connectivity index (χ4n) is 7.50. The van der Waals surface area contributed by atoms with E-state index in [0.717, 1.165) is 79.8 Å². The summed E-state index contributed by atoms with van der Waals surface area (Å²) in [5, 5.41) is 17.5. The average molecular weight is 689 g/mol. The summed E-state index contributed by atoms with van der Waals surface area (Å²) in [6, 6.07) is 13.2. The number of sulfonamides is 1. The summed E-state index contributed by atoms with van der Waals surface area (Å²) >= 11 is 12.7. The number of rotatable bonds is 8. The number of hydrogen-bond donors (Lipinski definition) is 1. The first kappa shape index (κ1) is 33.4. The Morgan fingerprint density at radius 3 is 2.20 bits per heavy atom. The lowest BCUT2D eigenvalue weighted by Gasteiger charge is -2.40. The van der Waals surface area contributed by atoms with E-state index >= 15 is 0 Å². The molecule has 2 aromatic carbocycles. The topological polar surface area (TPSA) is 99.0 Å². The number of halogens is 2. The Kier molecular flexibility index (Phi) is 10.1. The van der Waals surface area contributed by atoms with Gasteiger partial charge in [-0.2, -0.15) is 9.40 Å². The van der Waals surface area contributed by atoms with Crippen LogP contribution in [0.4, 0.5) is 0 Å². The zero-order valence-electron chi connectivity index (χ0n) is 26.5. The highest BCUT2D eigenvalue weighted by atomic mass is 35.5. The summed E-state index contributed by atoms with van der Waals surface area (Å²) in [6.45, 7) is 6.83. The molecule has 3 aliphatic heterocycles. The second-order valence-electron chi connectivity index (χ2n) is 13.1. The summed E-state index contributed by atoms with van der Waals surface area (Å²) in [5.74, 6) is 1.53. The van der Waals surface area contributed by atoms with Crippen LogP contribution in [0, 0.1) is 11.8 Å². The highest BCUT2D eigenvalue weighted by molar-refractivity contribution is 7.88.